The monoisotopic (exact) mass is 191 g/mol. The summed E-state index contributed by atoms with van der Waals surface area (Å²) in [4.78, 5) is 1.13. The summed E-state index contributed by atoms with van der Waals surface area (Å²) in [5, 5.41) is 0. The second-order valence-electron chi connectivity index (χ2n) is 2.70. The molecule has 0 atom stereocenters. The molecule has 0 heterocycles. The molecular formula is C11H13NS. The van der Waals surface area contributed by atoms with Crippen molar-refractivity contribution in [3.8, 4) is 11.8 Å². The van der Waals surface area contributed by atoms with Crippen LogP contribution in [0.15, 0.2) is 23.1 Å². The van der Waals surface area contributed by atoms with Crippen LogP contribution >= 0.6 is 11.8 Å². The third kappa shape index (κ3) is 2.71. The van der Waals surface area contributed by atoms with Crippen molar-refractivity contribution in [2.45, 2.75) is 18.7 Å². The van der Waals surface area contributed by atoms with Crippen molar-refractivity contribution in [3.63, 3.8) is 0 Å². The Morgan fingerprint density at radius 3 is 2.92 bits per heavy atom. The van der Waals surface area contributed by atoms with Crippen molar-refractivity contribution >= 4 is 17.4 Å². The van der Waals surface area contributed by atoms with Crippen LogP contribution in [0.1, 0.15) is 12.5 Å². The first-order valence-corrected chi connectivity index (χ1v) is 5.11. The van der Waals surface area contributed by atoms with Gasteiger partial charge in [0.25, 0.3) is 0 Å². The minimum atomic E-state index is 0.810. The molecule has 0 fully saturated rings. The van der Waals surface area contributed by atoms with E-state index >= 15 is 0 Å². The molecule has 0 aromatic heterocycles. The standard InChI is InChI=1S/C11H13NS/c1-3-4-8-13-10-7-5-6-9(2)11(10)12/h5-7H,8,12H2,1-2H3. The molecule has 0 aliphatic rings. The van der Waals surface area contributed by atoms with E-state index in [1.165, 1.54) is 0 Å². The second-order valence-corrected chi connectivity index (χ2v) is 3.72. The third-order valence-corrected chi connectivity index (χ3v) is 2.72. The summed E-state index contributed by atoms with van der Waals surface area (Å²) in [7, 11) is 0. The Morgan fingerprint density at radius 1 is 1.46 bits per heavy atom. The minimum Gasteiger partial charge on any atom is -0.398 e. The number of nitrogen functional groups attached to an aromatic ring is 1. The van der Waals surface area contributed by atoms with E-state index < -0.39 is 0 Å². The highest BCUT2D eigenvalue weighted by Crippen LogP contribution is 2.26. The molecule has 1 aromatic carbocycles. The zero-order chi connectivity index (χ0) is 9.68. The van der Waals surface area contributed by atoms with Gasteiger partial charge >= 0.3 is 0 Å². The number of anilines is 1. The van der Waals surface area contributed by atoms with Crippen molar-refractivity contribution in [1.29, 1.82) is 0 Å². The summed E-state index contributed by atoms with van der Waals surface area (Å²) in [5.74, 6) is 6.67. The van der Waals surface area contributed by atoms with Crippen LogP contribution in [0.3, 0.4) is 0 Å². The zero-order valence-electron chi connectivity index (χ0n) is 7.92. The van der Waals surface area contributed by atoms with Crippen LogP contribution in [-0.2, 0) is 0 Å². The quantitative estimate of drug-likeness (QED) is 0.442. The molecular weight excluding hydrogens is 178 g/mol. The Bertz CT molecular complexity index is 347. The van der Waals surface area contributed by atoms with E-state index in [4.69, 9.17) is 5.73 Å². The van der Waals surface area contributed by atoms with Crippen molar-refractivity contribution in [3.05, 3.63) is 23.8 Å². The maximum absolute atomic E-state index is 5.90. The van der Waals surface area contributed by atoms with Crippen molar-refractivity contribution in [2.24, 2.45) is 0 Å². The van der Waals surface area contributed by atoms with Gasteiger partial charge in [-0.05, 0) is 25.5 Å². The lowest BCUT2D eigenvalue weighted by Crippen LogP contribution is -1.92. The number of nitrogens with two attached hydrogens (primary N) is 1. The van der Waals surface area contributed by atoms with E-state index in [-0.39, 0.29) is 0 Å². The van der Waals surface area contributed by atoms with Gasteiger partial charge in [0.05, 0.1) is 5.75 Å². The third-order valence-electron chi connectivity index (χ3n) is 1.76. The molecule has 0 aliphatic heterocycles. The average Bonchev–Trinajstić information content (AvgIpc) is 2.13. The van der Waals surface area contributed by atoms with E-state index in [1.54, 1.807) is 11.8 Å². The van der Waals surface area contributed by atoms with Gasteiger partial charge in [0.2, 0.25) is 0 Å². The van der Waals surface area contributed by atoms with Crippen LogP contribution < -0.4 is 5.73 Å². The molecule has 13 heavy (non-hydrogen) atoms. The van der Waals surface area contributed by atoms with E-state index in [0.29, 0.717) is 0 Å². The van der Waals surface area contributed by atoms with Crippen molar-refractivity contribution in [1.82, 2.24) is 0 Å². The zero-order valence-corrected chi connectivity index (χ0v) is 8.74. The van der Waals surface area contributed by atoms with Crippen molar-refractivity contribution in [2.75, 3.05) is 11.5 Å². The summed E-state index contributed by atoms with van der Waals surface area (Å²) in [5.41, 5.74) is 7.91. The summed E-state index contributed by atoms with van der Waals surface area (Å²) in [6.45, 7) is 3.87. The highest BCUT2D eigenvalue weighted by molar-refractivity contribution is 7.99. The Morgan fingerprint density at radius 2 is 2.23 bits per heavy atom. The Labute approximate surface area is 83.7 Å². The van der Waals surface area contributed by atoms with Gasteiger partial charge in [0, 0.05) is 10.6 Å². The molecule has 0 saturated heterocycles. The van der Waals surface area contributed by atoms with Crippen LogP contribution in [0.25, 0.3) is 0 Å². The van der Waals surface area contributed by atoms with Gasteiger partial charge < -0.3 is 5.73 Å². The fraction of sp³-hybridized carbons (Fsp3) is 0.273. The molecule has 0 unspecified atom stereocenters. The molecule has 2 heteroatoms. The summed E-state index contributed by atoms with van der Waals surface area (Å²) in [6, 6.07) is 6.07. The van der Waals surface area contributed by atoms with Crippen LogP contribution in [0, 0.1) is 18.8 Å². The number of hydrogen-bond donors (Lipinski definition) is 1. The molecule has 0 aliphatic carbocycles. The molecule has 1 aromatic rings. The van der Waals surface area contributed by atoms with E-state index in [9.17, 15) is 0 Å². The normalized spacial score (nSPS) is 9.08. The second kappa shape index (κ2) is 4.84. The smallest absolute Gasteiger partial charge is 0.0595 e. The molecule has 0 bridgehead atoms. The average molecular weight is 191 g/mol. The predicted octanol–water partition coefficient (Wildman–Crippen LogP) is 2.69. The number of aryl methyl sites for hydroxylation is 1. The molecule has 68 valence electrons. The maximum Gasteiger partial charge on any atom is 0.0595 e. The van der Waals surface area contributed by atoms with Gasteiger partial charge in [0.15, 0.2) is 0 Å². The van der Waals surface area contributed by atoms with Gasteiger partial charge in [0.1, 0.15) is 0 Å². The molecule has 2 N–H and O–H groups in total. The number of para-hydroxylation sites is 1. The minimum absolute atomic E-state index is 0.810. The van der Waals surface area contributed by atoms with Crippen LogP contribution in [0.4, 0.5) is 5.69 Å². The molecule has 0 spiro atoms. The number of rotatable bonds is 2. The maximum atomic E-state index is 5.90. The van der Waals surface area contributed by atoms with Gasteiger partial charge in [-0.2, -0.15) is 0 Å². The largest absolute Gasteiger partial charge is 0.398 e. The summed E-state index contributed by atoms with van der Waals surface area (Å²) in [6.07, 6.45) is 0. The highest BCUT2D eigenvalue weighted by Gasteiger charge is 1.99. The lowest BCUT2D eigenvalue weighted by atomic mass is 10.2. The fourth-order valence-corrected chi connectivity index (χ4v) is 1.83. The topological polar surface area (TPSA) is 26.0 Å². The molecule has 0 saturated carbocycles. The highest BCUT2D eigenvalue weighted by atomic mass is 32.2. The predicted molar refractivity (Wildman–Crippen MR) is 59.8 cm³/mol. The fourth-order valence-electron chi connectivity index (χ4n) is 0.966. The molecule has 1 nitrogen and oxygen atoms in total. The lowest BCUT2D eigenvalue weighted by Gasteiger charge is -2.05. The Kier molecular flexibility index (Phi) is 3.72. The van der Waals surface area contributed by atoms with Crippen LogP contribution in [0.5, 0.6) is 0 Å². The SMILES string of the molecule is CC#CCSc1cccc(C)c1N. The number of thioether (sulfide) groups is 1. The van der Waals surface area contributed by atoms with Gasteiger partial charge in [-0.15, -0.1) is 17.7 Å². The Hall–Kier alpha value is -1.07. The molecule has 1 rings (SSSR count). The van der Waals surface area contributed by atoms with Gasteiger partial charge in [-0.3, -0.25) is 0 Å². The van der Waals surface area contributed by atoms with Gasteiger partial charge in [-0.1, -0.05) is 18.1 Å². The van der Waals surface area contributed by atoms with Crippen molar-refractivity contribution < 1.29 is 0 Å². The first-order valence-electron chi connectivity index (χ1n) is 4.13. The van der Waals surface area contributed by atoms with Crippen LogP contribution in [-0.4, -0.2) is 5.75 Å². The van der Waals surface area contributed by atoms with E-state index in [1.807, 2.05) is 32.0 Å². The van der Waals surface area contributed by atoms with Crippen LogP contribution in [0.2, 0.25) is 0 Å². The molecule has 0 amide bonds. The number of benzene rings is 1. The molecule has 0 radical (unpaired) electrons. The van der Waals surface area contributed by atoms with E-state index in [2.05, 4.69) is 11.8 Å². The van der Waals surface area contributed by atoms with Gasteiger partial charge in [-0.25, -0.2) is 0 Å². The first-order chi connectivity index (χ1) is 6.25. The summed E-state index contributed by atoms with van der Waals surface area (Å²) >= 11 is 1.69. The van der Waals surface area contributed by atoms with E-state index in [0.717, 1.165) is 21.9 Å². The first kappa shape index (κ1) is 10.0. The summed E-state index contributed by atoms with van der Waals surface area (Å²) < 4.78 is 0. The number of hydrogen-bond acceptors (Lipinski definition) is 2. The lowest BCUT2D eigenvalue weighted by molar-refractivity contribution is 1.37. The Balaban J connectivity index is 2.75.